The van der Waals surface area contributed by atoms with Crippen molar-refractivity contribution < 1.29 is 13.2 Å². The molecule has 2 aromatic rings. The maximum absolute atomic E-state index is 12.6. The molecule has 0 saturated heterocycles. The summed E-state index contributed by atoms with van der Waals surface area (Å²) in [6.07, 6.45) is 1.09. The molecule has 0 heterocycles. The molecule has 1 amide bonds. The normalized spacial score (nSPS) is 12.4. The van der Waals surface area contributed by atoms with Crippen LogP contribution in [-0.4, -0.2) is 38.9 Å². The molecule has 5 nitrogen and oxygen atoms in total. The number of nitrogens with one attached hydrogen (secondary N) is 1. The zero-order valence-corrected chi connectivity index (χ0v) is 17.9. The van der Waals surface area contributed by atoms with Gasteiger partial charge < -0.3 is 5.32 Å². The van der Waals surface area contributed by atoms with E-state index in [1.54, 1.807) is 43.8 Å². The third-order valence-corrected chi connectivity index (χ3v) is 6.39. The predicted octanol–water partition coefficient (Wildman–Crippen LogP) is 3.71. The minimum atomic E-state index is -3.67. The molecular weight excluding hydrogens is 404 g/mol. The lowest BCUT2D eigenvalue weighted by Crippen LogP contribution is -2.48. The van der Waals surface area contributed by atoms with Crippen LogP contribution >= 0.6 is 23.4 Å². The van der Waals surface area contributed by atoms with Crippen LogP contribution in [0.4, 0.5) is 5.69 Å². The van der Waals surface area contributed by atoms with Crippen LogP contribution < -0.4 is 9.62 Å². The van der Waals surface area contributed by atoms with E-state index in [4.69, 9.17) is 11.6 Å². The Morgan fingerprint density at radius 1 is 1.22 bits per heavy atom. The Labute approximate surface area is 170 Å². The second-order valence-corrected chi connectivity index (χ2v) is 9.58. The van der Waals surface area contributed by atoms with Gasteiger partial charge in [0, 0.05) is 22.2 Å². The van der Waals surface area contributed by atoms with E-state index < -0.39 is 16.1 Å². The van der Waals surface area contributed by atoms with Crippen molar-refractivity contribution in [3.05, 3.63) is 59.1 Å². The molecule has 0 saturated carbocycles. The Hall–Kier alpha value is -1.70. The number of thioether (sulfide) groups is 1. The van der Waals surface area contributed by atoms with Gasteiger partial charge in [0.25, 0.3) is 0 Å². The molecule has 0 aromatic heterocycles. The van der Waals surface area contributed by atoms with Crippen LogP contribution in [0.5, 0.6) is 0 Å². The van der Waals surface area contributed by atoms with Crippen molar-refractivity contribution in [2.75, 3.05) is 22.9 Å². The molecule has 146 valence electrons. The molecule has 2 rings (SSSR count). The van der Waals surface area contributed by atoms with E-state index in [-0.39, 0.29) is 5.91 Å². The van der Waals surface area contributed by atoms with Gasteiger partial charge in [0.2, 0.25) is 15.9 Å². The Balaban J connectivity index is 2.05. The van der Waals surface area contributed by atoms with E-state index in [0.29, 0.717) is 23.0 Å². The third kappa shape index (κ3) is 6.16. The van der Waals surface area contributed by atoms with Gasteiger partial charge in [-0.2, -0.15) is 0 Å². The highest BCUT2D eigenvalue weighted by atomic mass is 35.5. The topological polar surface area (TPSA) is 66.5 Å². The molecule has 0 fully saturated rings. The Bertz CT molecular complexity index is 889. The molecular formula is C19H23ClN2O3S2. The van der Waals surface area contributed by atoms with Crippen molar-refractivity contribution in [3.63, 3.8) is 0 Å². The van der Waals surface area contributed by atoms with Crippen LogP contribution in [0.2, 0.25) is 5.02 Å². The second kappa shape index (κ2) is 9.48. The fraction of sp³-hybridized carbons (Fsp3) is 0.316. The first kappa shape index (κ1) is 21.6. The summed E-state index contributed by atoms with van der Waals surface area (Å²) in [5.74, 6) is 0.339. The van der Waals surface area contributed by atoms with Gasteiger partial charge in [-0.15, -0.1) is 11.8 Å². The molecule has 0 radical (unpaired) electrons. The molecule has 0 bridgehead atoms. The number of hydrogen-bond donors (Lipinski definition) is 1. The van der Waals surface area contributed by atoms with Crippen molar-refractivity contribution in [2.45, 2.75) is 24.8 Å². The fourth-order valence-electron chi connectivity index (χ4n) is 2.61. The number of halogens is 1. The summed E-state index contributed by atoms with van der Waals surface area (Å²) in [5.41, 5.74) is 1.13. The number of carbonyl (C=O) groups excluding carboxylic acids is 1. The van der Waals surface area contributed by atoms with E-state index in [9.17, 15) is 13.2 Å². The molecule has 1 N–H and O–H groups in total. The lowest BCUT2D eigenvalue weighted by Gasteiger charge is -2.29. The predicted molar refractivity (Wildman–Crippen MR) is 113 cm³/mol. The lowest BCUT2D eigenvalue weighted by molar-refractivity contribution is -0.121. The van der Waals surface area contributed by atoms with Crippen LogP contribution in [0.3, 0.4) is 0 Å². The van der Waals surface area contributed by atoms with Crippen LogP contribution in [0.25, 0.3) is 0 Å². The highest BCUT2D eigenvalue weighted by molar-refractivity contribution is 7.99. The summed E-state index contributed by atoms with van der Waals surface area (Å²) in [6.45, 7) is 3.79. The van der Waals surface area contributed by atoms with Crippen molar-refractivity contribution >= 4 is 45.0 Å². The highest BCUT2D eigenvalue weighted by Crippen LogP contribution is 2.28. The van der Waals surface area contributed by atoms with Crippen molar-refractivity contribution in [1.82, 2.24) is 5.32 Å². The Morgan fingerprint density at radius 3 is 2.52 bits per heavy atom. The van der Waals surface area contributed by atoms with Crippen LogP contribution in [0.1, 0.15) is 12.5 Å². The molecule has 8 heteroatoms. The summed E-state index contributed by atoms with van der Waals surface area (Å²) in [5, 5.41) is 3.22. The number of amides is 1. The van der Waals surface area contributed by atoms with Gasteiger partial charge in [-0.05, 0) is 43.7 Å². The monoisotopic (exact) mass is 426 g/mol. The van der Waals surface area contributed by atoms with Gasteiger partial charge >= 0.3 is 0 Å². The molecule has 2 aromatic carbocycles. The van der Waals surface area contributed by atoms with Gasteiger partial charge in [0.15, 0.2) is 0 Å². The van der Waals surface area contributed by atoms with Crippen molar-refractivity contribution in [3.8, 4) is 0 Å². The summed E-state index contributed by atoms with van der Waals surface area (Å²) >= 11 is 7.66. The third-order valence-electron chi connectivity index (χ3n) is 3.91. The second-order valence-electron chi connectivity index (χ2n) is 6.12. The number of anilines is 1. The van der Waals surface area contributed by atoms with Crippen LogP contribution in [-0.2, 0) is 14.8 Å². The SMILES string of the molecule is Cc1ccc(Cl)cc1N(C(C)C(=O)NCCSc1ccccc1)S(C)(=O)=O. The standard InChI is InChI=1S/C19H23ClN2O3S2/c1-14-9-10-16(20)13-18(14)22(27(3,24)25)15(2)19(23)21-11-12-26-17-7-5-4-6-8-17/h4-10,13,15H,11-12H2,1-3H3,(H,21,23). The number of hydrogen-bond acceptors (Lipinski definition) is 4. The van der Waals surface area contributed by atoms with Crippen LogP contribution in [0.15, 0.2) is 53.4 Å². The zero-order chi connectivity index (χ0) is 20.0. The molecule has 0 aliphatic rings. The Kier molecular flexibility index (Phi) is 7.59. The number of carbonyl (C=O) groups is 1. The largest absolute Gasteiger partial charge is 0.353 e. The van der Waals surface area contributed by atoms with E-state index in [1.165, 1.54) is 0 Å². The average molecular weight is 427 g/mol. The smallest absolute Gasteiger partial charge is 0.243 e. The number of sulfonamides is 1. The maximum atomic E-state index is 12.6. The summed E-state index contributed by atoms with van der Waals surface area (Å²) < 4.78 is 25.8. The molecule has 1 unspecified atom stereocenters. The number of benzene rings is 2. The molecule has 0 aliphatic carbocycles. The van der Waals surface area contributed by atoms with E-state index in [1.807, 2.05) is 30.3 Å². The minimum Gasteiger partial charge on any atom is -0.353 e. The first-order valence-corrected chi connectivity index (χ1v) is 11.6. The van der Waals surface area contributed by atoms with Gasteiger partial charge in [0.05, 0.1) is 11.9 Å². The van der Waals surface area contributed by atoms with Gasteiger partial charge in [-0.25, -0.2) is 8.42 Å². The van der Waals surface area contributed by atoms with Gasteiger partial charge in [-0.1, -0.05) is 35.9 Å². The number of aryl methyl sites for hydroxylation is 1. The number of nitrogens with zero attached hydrogens (tertiary/aromatic N) is 1. The molecule has 0 spiro atoms. The van der Waals surface area contributed by atoms with Gasteiger partial charge in [0.1, 0.15) is 6.04 Å². The Morgan fingerprint density at radius 2 is 1.89 bits per heavy atom. The summed E-state index contributed by atoms with van der Waals surface area (Å²) in [7, 11) is -3.67. The van der Waals surface area contributed by atoms with E-state index in [2.05, 4.69) is 5.32 Å². The van der Waals surface area contributed by atoms with Crippen molar-refractivity contribution in [2.24, 2.45) is 0 Å². The minimum absolute atomic E-state index is 0.353. The maximum Gasteiger partial charge on any atom is 0.243 e. The number of rotatable bonds is 8. The average Bonchev–Trinajstić information content (AvgIpc) is 2.61. The zero-order valence-electron chi connectivity index (χ0n) is 15.5. The van der Waals surface area contributed by atoms with Crippen LogP contribution in [0, 0.1) is 6.92 Å². The fourth-order valence-corrected chi connectivity index (χ4v) is 4.79. The summed E-state index contributed by atoms with van der Waals surface area (Å²) in [4.78, 5) is 13.7. The first-order chi connectivity index (χ1) is 12.7. The lowest BCUT2D eigenvalue weighted by atomic mass is 10.2. The molecule has 1 atom stereocenters. The quantitative estimate of drug-likeness (QED) is 0.516. The highest BCUT2D eigenvalue weighted by Gasteiger charge is 2.30. The summed E-state index contributed by atoms with van der Waals surface area (Å²) in [6, 6.07) is 14.0. The molecule has 0 aliphatic heterocycles. The van der Waals surface area contributed by atoms with Gasteiger partial charge in [-0.3, -0.25) is 9.10 Å². The molecule has 27 heavy (non-hydrogen) atoms. The van der Waals surface area contributed by atoms with E-state index in [0.717, 1.165) is 21.0 Å². The van der Waals surface area contributed by atoms with E-state index >= 15 is 0 Å². The first-order valence-electron chi connectivity index (χ1n) is 8.41. The van der Waals surface area contributed by atoms with Crippen molar-refractivity contribution in [1.29, 1.82) is 0 Å².